The molecule has 1 aliphatic heterocycles. The zero-order chi connectivity index (χ0) is 24.7. The standard InChI is InChI=1S/C27H32N6O3/c1-2-35-23-10-11-25-21(16-23)15-22(27(34)28-25)17-32(13-12-20-7-4-3-5-8-20)19-26-29-30-31-33(26)18-24-9-6-14-36-24/h3-5,7-8,10-11,15-16,24H,2,6,9,12-14,17-19H2,1H3,(H,28,34). The van der Waals surface area contributed by atoms with E-state index in [1.165, 1.54) is 5.56 Å². The fraction of sp³-hybridized carbons (Fsp3) is 0.407. The van der Waals surface area contributed by atoms with Gasteiger partial charge < -0.3 is 14.5 Å². The van der Waals surface area contributed by atoms with Crippen LogP contribution in [0.15, 0.2) is 59.4 Å². The molecule has 0 radical (unpaired) electrons. The Balaban J connectivity index is 1.38. The van der Waals surface area contributed by atoms with Crippen LogP contribution in [0, 0.1) is 0 Å². The summed E-state index contributed by atoms with van der Waals surface area (Å²) >= 11 is 0. The number of nitrogens with zero attached hydrogens (tertiary/aromatic N) is 5. The molecule has 3 heterocycles. The van der Waals surface area contributed by atoms with E-state index in [2.05, 4.69) is 37.5 Å². The summed E-state index contributed by atoms with van der Waals surface area (Å²) in [5.41, 5.74) is 2.65. The van der Waals surface area contributed by atoms with Crippen molar-refractivity contribution in [3.63, 3.8) is 0 Å². The molecule has 1 fully saturated rings. The molecular formula is C27H32N6O3. The third-order valence-corrected chi connectivity index (χ3v) is 6.53. The average Bonchev–Trinajstić information content (AvgIpc) is 3.56. The number of hydrogen-bond donors (Lipinski definition) is 1. The number of nitrogens with one attached hydrogen (secondary N) is 1. The van der Waals surface area contributed by atoms with E-state index in [0.29, 0.717) is 31.8 Å². The van der Waals surface area contributed by atoms with Crippen molar-refractivity contribution in [1.82, 2.24) is 30.1 Å². The molecule has 36 heavy (non-hydrogen) atoms. The first-order chi connectivity index (χ1) is 17.7. The maximum Gasteiger partial charge on any atom is 0.252 e. The summed E-state index contributed by atoms with van der Waals surface area (Å²) in [6.07, 6.45) is 3.09. The zero-order valence-corrected chi connectivity index (χ0v) is 20.6. The molecule has 5 rings (SSSR count). The summed E-state index contributed by atoms with van der Waals surface area (Å²) in [4.78, 5) is 18.2. The Labute approximate surface area is 210 Å². The first kappa shape index (κ1) is 24.1. The Bertz CT molecular complexity index is 1330. The second-order valence-corrected chi connectivity index (χ2v) is 9.16. The first-order valence-corrected chi connectivity index (χ1v) is 12.6. The van der Waals surface area contributed by atoms with Crippen molar-refractivity contribution in [3.8, 4) is 5.75 Å². The van der Waals surface area contributed by atoms with Gasteiger partial charge in [0.2, 0.25) is 0 Å². The number of hydrogen-bond acceptors (Lipinski definition) is 7. The lowest BCUT2D eigenvalue weighted by Crippen LogP contribution is -2.30. The zero-order valence-electron chi connectivity index (χ0n) is 20.6. The first-order valence-electron chi connectivity index (χ1n) is 12.6. The minimum Gasteiger partial charge on any atom is -0.494 e. The summed E-state index contributed by atoms with van der Waals surface area (Å²) in [6, 6.07) is 18.1. The molecule has 188 valence electrons. The second-order valence-electron chi connectivity index (χ2n) is 9.16. The summed E-state index contributed by atoms with van der Waals surface area (Å²) in [5.74, 6) is 1.56. The Morgan fingerprint density at radius 3 is 2.86 bits per heavy atom. The molecule has 1 unspecified atom stereocenters. The monoisotopic (exact) mass is 488 g/mol. The molecule has 0 bridgehead atoms. The van der Waals surface area contributed by atoms with Crippen LogP contribution < -0.4 is 10.3 Å². The number of H-pyrrole nitrogens is 1. The van der Waals surface area contributed by atoms with E-state index in [9.17, 15) is 4.79 Å². The van der Waals surface area contributed by atoms with Crippen LogP contribution in [0.3, 0.4) is 0 Å². The molecular weight excluding hydrogens is 456 g/mol. The fourth-order valence-electron chi connectivity index (χ4n) is 4.65. The van der Waals surface area contributed by atoms with Crippen molar-refractivity contribution in [1.29, 1.82) is 0 Å². The minimum atomic E-state index is -0.0877. The summed E-state index contributed by atoms with van der Waals surface area (Å²) in [5, 5.41) is 13.4. The van der Waals surface area contributed by atoms with Crippen LogP contribution in [0.4, 0.5) is 0 Å². The van der Waals surface area contributed by atoms with Crippen LogP contribution in [0.2, 0.25) is 0 Å². The summed E-state index contributed by atoms with van der Waals surface area (Å²) < 4.78 is 13.3. The third kappa shape index (κ3) is 5.98. The van der Waals surface area contributed by atoms with Gasteiger partial charge in [0.25, 0.3) is 5.56 Å². The van der Waals surface area contributed by atoms with Crippen LogP contribution in [-0.2, 0) is 30.8 Å². The van der Waals surface area contributed by atoms with Gasteiger partial charge in [0.15, 0.2) is 5.82 Å². The van der Waals surface area contributed by atoms with E-state index in [4.69, 9.17) is 9.47 Å². The molecule has 9 heteroatoms. The van der Waals surface area contributed by atoms with Gasteiger partial charge in [-0.15, -0.1) is 5.10 Å². The lowest BCUT2D eigenvalue weighted by molar-refractivity contribution is 0.0916. The van der Waals surface area contributed by atoms with Crippen molar-refractivity contribution in [2.45, 2.75) is 51.9 Å². The quantitative estimate of drug-likeness (QED) is 0.346. The van der Waals surface area contributed by atoms with Gasteiger partial charge in [-0.3, -0.25) is 9.69 Å². The number of aromatic amines is 1. The highest BCUT2D eigenvalue weighted by atomic mass is 16.5. The summed E-state index contributed by atoms with van der Waals surface area (Å²) in [6.45, 7) is 5.75. The van der Waals surface area contributed by atoms with E-state index in [1.54, 1.807) is 0 Å². The van der Waals surface area contributed by atoms with Gasteiger partial charge in [-0.25, -0.2) is 4.68 Å². The Morgan fingerprint density at radius 2 is 2.06 bits per heavy atom. The normalized spacial score (nSPS) is 15.7. The van der Waals surface area contributed by atoms with Gasteiger partial charge in [0.1, 0.15) is 5.75 Å². The molecule has 2 aromatic heterocycles. The molecule has 9 nitrogen and oxygen atoms in total. The number of tetrazole rings is 1. The molecule has 0 saturated carbocycles. The van der Waals surface area contributed by atoms with Crippen LogP contribution in [0.5, 0.6) is 5.75 Å². The smallest absolute Gasteiger partial charge is 0.252 e. The Hall–Kier alpha value is -3.56. The van der Waals surface area contributed by atoms with E-state index >= 15 is 0 Å². The maximum atomic E-state index is 13.0. The second kappa shape index (κ2) is 11.5. The molecule has 1 N–H and O–H groups in total. The molecule has 4 aromatic rings. The minimum absolute atomic E-state index is 0.0877. The van der Waals surface area contributed by atoms with Crippen molar-refractivity contribution in [3.05, 3.63) is 81.9 Å². The fourth-order valence-corrected chi connectivity index (χ4v) is 4.65. The van der Waals surface area contributed by atoms with Gasteiger partial charge in [-0.05, 0) is 66.4 Å². The van der Waals surface area contributed by atoms with Crippen LogP contribution >= 0.6 is 0 Å². The lowest BCUT2D eigenvalue weighted by atomic mass is 10.1. The number of aromatic nitrogens is 5. The van der Waals surface area contributed by atoms with Crippen molar-refractivity contribution in [2.75, 3.05) is 19.8 Å². The third-order valence-electron chi connectivity index (χ3n) is 6.53. The number of fused-ring (bicyclic) bond motifs is 1. The molecule has 0 spiro atoms. The van der Waals surface area contributed by atoms with E-state index < -0.39 is 0 Å². The average molecular weight is 489 g/mol. The van der Waals surface area contributed by atoms with Gasteiger partial charge in [-0.2, -0.15) is 0 Å². The predicted molar refractivity (Wildman–Crippen MR) is 137 cm³/mol. The molecule has 0 amide bonds. The highest BCUT2D eigenvalue weighted by Gasteiger charge is 2.20. The van der Waals surface area contributed by atoms with Gasteiger partial charge >= 0.3 is 0 Å². The van der Waals surface area contributed by atoms with Crippen molar-refractivity contribution >= 4 is 10.9 Å². The highest BCUT2D eigenvalue weighted by Crippen LogP contribution is 2.20. The topological polar surface area (TPSA) is 98.2 Å². The van der Waals surface area contributed by atoms with Gasteiger partial charge in [0, 0.05) is 36.2 Å². The molecule has 0 aliphatic carbocycles. The Kier molecular flexibility index (Phi) is 7.68. The molecule has 1 saturated heterocycles. The molecule has 1 atom stereocenters. The summed E-state index contributed by atoms with van der Waals surface area (Å²) in [7, 11) is 0. The molecule has 1 aliphatic rings. The molecule has 2 aromatic carbocycles. The Morgan fingerprint density at radius 1 is 1.17 bits per heavy atom. The predicted octanol–water partition coefficient (Wildman–Crippen LogP) is 3.34. The highest BCUT2D eigenvalue weighted by molar-refractivity contribution is 5.80. The largest absolute Gasteiger partial charge is 0.494 e. The van der Waals surface area contributed by atoms with E-state index in [0.717, 1.165) is 54.9 Å². The maximum absolute atomic E-state index is 13.0. The van der Waals surface area contributed by atoms with Crippen LogP contribution in [0.1, 0.15) is 36.7 Å². The van der Waals surface area contributed by atoms with Crippen molar-refractivity contribution < 1.29 is 9.47 Å². The number of rotatable bonds is 11. The van der Waals surface area contributed by atoms with E-state index in [-0.39, 0.29) is 11.7 Å². The van der Waals surface area contributed by atoms with Gasteiger partial charge in [-0.1, -0.05) is 30.3 Å². The van der Waals surface area contributed by atoms with E-state index in [1.807, 2.05) is 54.1 Å². The van der Waals surface area contributed by atoms with Crippen LogP contribution in [-0.4, -0.2) is 56.0 Å². The lowest BCUT2D eigenvalue weighted by Gasteiger charge is -2.22. The SMILES string of the molecule is CCOc1ccc2[nH]c(=O)c(CN(CCc3ccccc3)Cc3nnnn3CC3CCCO3)cc2c1. The van der Waals surface area contributed by atoms with Crippen LogP contribution in [0.25, 0.3) is 10.9 Å². The van der Waals surface area contributed by atoms with Crippen molar-refractivity contribution in [2.24, 2.45) is 0 Å². The number of ether oxygens (including phenoxy) is 2. The number of pyridine rings is 1. The van der Waals surface area contributed by atoms with Gasteiger partial charge in [0.05, 0.1) is 25.8 Å². The number of benzene rings is 2.